The quantitative estimate of drug-likeness (QED) is 0.762. The number of aryl methyl sites for hydroxylation is 1. The van der Waals surface area contributed by atoms with Gasteiger partial charge in [0.05, 0.1) is 6.10 Å². The van der Waals surface area contributed by atoms with Crippen LogP contribution < -0.4 is 4.87 Å². The normalized spacial score (nSPS) is 22.7. The minimum atomic E-state index is -1.14. The van der Waals surface area contributed by atoms with Gasteiger partial charge in [-0.25, -0.2) is 4.79 Å². The average molecular weight is 286 g/mol. The Kier molecular flexibility index (Phi) is 3.72. The molecule has 0 saturated carbocycles. The maximum absolute atomic E-state index is 12.1. The van der Waals surface area contributed by atoms with E-state index in [0.717, 1.165) is 16.2 Å². The van der Waals surface area contributed by atoms with E-state index in [0.29, 0.717) is 5.69 Å². The first-order valence-electron chi connectivity index (χ1n) is 5.75. The summed E-state index contributed by atoms with van der Waals surface area (Å²) < 4.78 is 1.30. The van der Waals surface area contributed by atoms with E-state index in [1.54, 1.807) is 12.3 Å². The Morgan fingerprint density at radius 2 is 2.21 bits per heavy atom. The molecule has 1 aliphatic heterocycles. The molecule has 1 amide bonds. The average Bonchev–Trinajstić information content (AvgIpc) is 2.87. The fraction of sp³-hybridized carbons (Fsp3) is 0.545. The van der Waals surface area contributed by atoms with E-state index in [2.05, 4.69) is 0 Å². The van der Waals surface area contributed by atoms with E-state index in [4.69, 9.17) is 5.11 Å². The van der Waals surface area contributed by atoms with Gasteiger partial charge < -0.3 is 15.1 Å². The van der Waals surface area contributed by atoms with Crippen LogP contribution in [-0.4, -0.2) is 50.2 Å². The molecule has 1 saturated heterocycles. The fourth-order valence-corrected chi connectivity index (χ4v) is 2.88. The number of nitrogens with zero attached hydrogens (tertiary/aromatic N) is 2. The molecule has 1 aromatic rings. The van der Waals surface area contributed by atoms with Crippen molar-refractivity contribution in [3.8, 4) is 0 Å². The number of rotatable bonds is 3. The lowest BCUT2D eigenvalue weighted by Crippen LogP contribution is -2.43. The van der Waals surface area contributed by atoms with Crippen LogP contribution in [0.2, 0.25) is 0 Å². The standard InChI is InChI=1S/C11H14N2O5S/c1-6-5-19-11(18)12(6)4-9(15)13-3-7(14)2-8(13)10(16)17/h5,7-8,14H,2-4H2,1H3,(H,16,17)/t7-,8-/m1/s1. The van der Waals surface area contributed by atoms with Gasteiger partial charge in [-0.3, -0.25) is 14.2 Å². The summed E-state index contributed by atoms with van der Waals surface area (Å²) >= 11 is 0.994. The number of aromatic nitrogens is 1. The Bertz CT molecular complexity index is 564. The molecule has 7 nitrogen and oxygen atoms in total. The molecule has 19 heavy (non-hydrogen) atoms. The van der Waals surface area contributed by atoms with Crippen molar-refractivity contribution in [1.29, 1.82) is 0 Å². The van der Waals surface area contributed by atoms with Gasteiger partial charge in [-0.15, -0.1) is 0 Å². The van der Waals surface area contributed by atoms with Crippen LogP contribution >= 0.6 is 11.3 Å². The van der Waals surface area contributed by atoms with Gasteiger partial charge in [0.2, 0.25) is 5.91 Å². The van der Waals surface area contributed by atoms with Gasteiger partial charge in [-0.1, -0.05) is 11.3 Å². The van der Waals surface area contributed by atoms with Crippen LogP contribution in [-0.2, 0) is 16.1 Å². The molecule has 1 aliphatic rings. The highest BCUT2D eigenvalue weighted by atomic mass is 32.1. The van der Waals surface area contributed by atoms with Crippen LogP contribution in [0.25, 0.3) is 0 Å². The smallest absolute Gasteiger partial charge is 0.326 e. The van der Waals surface area contributed by atoms with Crippen LogP contribution in [0.3, 0.4) is 0 Å². The molecule has 0 spiro atoms. The number of hydrogen-bond donors (Lipinski definition) is 2. The summed E-state index contributed by atoms with van der Waals surface area (Å²) in [5.74, 6) is -1.60. The number of likely N-dealkylation sites (tertiary alicyclic amines) is 1. The highest BCUT2D eigenvalue weighted by Crippen LogP contribution is 2.18. The molecule has 2 N–H and O–H groups in total. The van der Waals surface area contributed by atoms with Crippen molar-refractivity contribution in [3.63, 3.8) is 0 Å². The number of β-amino-alcohol motifs (C(OH)–C–C–N with tert-alkyl or cyclic N) is 1. The van der Waals surface area contributed by atoms with Gasteiger partial charge in [-0.05, 0) is 6.92 Å². The number of hydrogen-bond acceptors (Lipinski definition) is 5. The Balaban J connectivity index is 2.16. The number of aliphatic hydroxyl groups excluding tert-OH is 1. The Morgan fingerprint density at radius 1 is 1.53 bits per heavy atom. The SMILES string of the molecule is Cc1csc(=O)n1CC(=O)N1C[C@H](O)C[C@@H]1C(=O)O. The third-order valence-electron chi connectivity index (χ3n) is 3.15. The molecule has 0 radical (unpaired) electrons. The first-order chi connectivity index (χ1) is 8.90. The molecule has 0 bridgehead atoms. The summed E-state index contributed by atoms with van der Waals surface area (Å²) in [4.78, 5) is 35.5. The summed E-state index contributed by atoms with van der Waals surface area (Å²) in [6, 6.07) is -1.02. The van der Waals surface area contributed by atoms with Gasteiger partial charge in [0, 0.05) is 24.0 Å². The fourth-order valence-electron chi connectivity index (χ4n) is 2.15. The summed E-state index contributed by atoms with van der Waals surface area (Å²) in [7, 11) is 0. The Labute approximate surface area is 112 Å². The van der Waals surface area contributed by atoms with Crippen LogP contribution in [0.5, 0.6) is 0 Å². The Hall–Kier alpha value is -1.67. The lowest BCUT2D eigenvalue weighted by atomic mass is 10.2. The molecule has 1 fully saturated rings. The van der Waals surface area contributed by atoms with E-state index in [-0.39, 0.29) is 24.4 Å². The van der Waals surface area contributed by atoms with Crippen molar-refractivity contribution in [1.82, 2.24) is 9.47 Å². The van der Waals surface area contributed by atoms with E-state index < -0.39 is 24.0 Å². The third-order valence-corrected chi connectivity index (χ3v) is 4.04. The minimum absolute atomic E-state index is 0.00622. The van der Waals surface area contributed by atoms with Gasteiger partial charge >= 0.3 is 10.8 Å². The first-order valence-corrected chi connectivity index (χ1v) is 6.63. The molecule has 2 heterocycles. The van der Waals surface area contributed by atoms with Crippen molar-refractivity contribution < 1.29 is 19.8 Å². The second-order valence-corrected chi connectivity index (χ2v) is 5.34. The number of aliphatic hydroxyl groups is 1. The first kappa shape index (κ1) is 13.8. The molecule has 2 rings (SSSR count). The van der Waals surface area contributed by atoms with Crippen molar-refractivity contribution >= 4 is 23.2 Å². The second kappa shape index (κ2) is 5.14. The van der Waals surface area contributed by atoms with Gasteiger partial charge in [0.25, 0.3) is 0 Å². The lowest BCUT2D eigenvalue weighted by Gasteiger charge is -2.21. The number of carboxylic acid groups (broad SMARTS) is 1. The van der Waals surface area contributed by atoms with Crippen molar-refractivity contribution in [2.24, 2.45) is 0 Å². The number of thiazole rings is 1. The molecule has 2 atom stereocenters. The molecule has 1 aromatic heterocycles. The zero-order valence-electron chi connectivity index (χ0n) is 10.3. The highest BCUT2D eigenvalue weighted by molar-refractivity contribution is 7.07. The predicted molar refractivity (Wildman–Crippen MR) is 67.1 cm³/mol. The summed E-state index contributed by atoms with van der Waals surface area (Å²) in [6.45, 7) is 1.51. The number of amides is 1. The summed E-state index contributed by atoms with van der Waals surface area (Å²) in [5, 5.41) is 20.1. The van der Waals surface area contributed by atoms with Crippen molar-refractivity contribution in [2.45, 2.75) is 32.0 Å². The van der Waals surface area contributed by atoms with E-state index in [1.165, 1.54) is 4.57 Å². The molecule has 0 unspecified atom stereocenters. The van der Waals surface area contributed by atoms with Gasteiger partial charge in [0.1, 0.15) is 12.6 Å². The zero-order chi connectivity index (χ0) is 14.2. The highest BCUT2D eigenvalue weighted by Gasteiger charge is 2.38. The lowest BCUT2D eigenvalue weighted by molar-refractivity contribution is -0.148. The number of carboxylic acids is 1. The number of carbonyl (C=O) groups excluding carboxylic acids is 1. The topological polar surface area (TPSA) is 99.8 Å². The molecular weight excluding hydrogens is 272 g/mol. The van der Waals surface area contributed by atoms with Crippen LogP contribution in [0.1, 0.15) is 12.1 Å². The zero-order valence-corrected chi connectivity index (χ0v) is 11.1. The molecule has 104 valence electrons. The molecular formula is C11H14N2O5S. The van der Waals surface area contributed by atoms with Crippen molar-refractivity contribution in [3.05, 3.63) is 20.7 Å². The monoisotopic (exact) mass is 286 g/mol. The van der Waals surface area contributed by atoms with Crippen LogP contribution in [0.4, 0.5) is 0 Å². The predicted octanol–water partition coefficient (Wildman–Crippen LogP) is -0.735. The maximum Gasteiger partial charge on any atom is 0.326 e. The van der Waals surface area contributed by atoms with Crippen LogP contribution in [0, 0.1) is 6.92 Å². The summed E-state index contributed by atoms with van der Waals surface area (Å²) in [5.41, 5.74) is 0.662. The van der Waals surface area contributed by atoms with E-state index in [9.17, 15) is 19.5 Å². The maximum atomic E-state index is 12.1. The summed E-state index contributed by atoms with van der Waals surface area (Å²) in [6.07, 6.45) is -0.802. The second-order valence-electron chi connectivity index (χ2n) is 4.52. The van der Waals surface area contributed by atoms with Crippen molar-refractivity contribution in [2.75, 3.05) is 6.54 Å². The number of carbonyl (C=O) groups is 2. The van der Waals surface area contributed by atoms with E-state index in [1.807, 2.05) is 0 Å². The molecule has 0 aromatic carbocycles. The van der Waals surface area contributed by atoms with Gasteiger partial charge in [-0.2, -0.15) is 0 Å². The van der Waals surface area contributed by atoms with E-state index >= 15 is 0 Å². The Morgan fingerprint density at radius 3 is 2.74 bits per heavy atom. The van der Waals surface area contributed by atoms with Gasteiger partial charge in [0.15, 0.2) is 0 Å². The van der Waals surface area contributed by atoms with Crippen LogP contribution in [0.15, 0.2) is 10.2 Å². The third kappa shape index (κ3) is 2.69. The molecule has 8 heteroatoms. The largest absolute Gasteiger partial charge is 0.480 e. The minimum Gasteiger partial charge on any atom is -0.480 e. The number of aliphatic carboxylic acids is 1. The molecule has 0 aliphatic carbocycles.